The molecule has 25 heavy (non-hydrogen) atoms. The summed E-state index contributed by atoms with van der Waals surface area (Å²) in [6.07, 6.45) is 0. The minimum atomic E-state index is -3.82. The second-order valence-electron chi connectivity index (χ2n) is 5.70. The van der Waals surface area contributed by atoms with E-state index < -0.39 is 15.8 Å². The van der Waals surface area contributed by atoms with E-state index in [1.807, 2.05) is 19.1 Å². The smallest absolute Gasteiger partial charge is 0.262 e. The summed E-state index contributed by atoms with van der Waals surface area (Å²) in [7, 11) is -3.82. The van der Waals surface area contributed by atoms with E-state index in [9.17, 15) is 12.8 Å². The van der Waals surface area contributed by atoms with Crippen molar-refractivity contribution in [3.63, 3.8) is 0 Å². The molecule has 0 aliphatic carbocycles. The fraction of sp³-hybridized carbons (Fsp3) is 0.100. The number of anilines is 1. The van der Waals surface area contributed by atoms with E-state index in [1.165, 1.54) is 10.4 Å². The highest BCUT2D eigenvalue weighted by Gasteiger charge is 2.26. The first-order chi connectivity index (χ1) is 12.0. The lowest BCUT2D eigenvalue weighted by Gasteiger charge is -2.26. The normalized spacial score (nSPS) is 11.3. The van der Waals surface area contributed by atoms with Crippen LogP contribution < -0.4 is 4.31 Å². The molecule has 3 rings (SSSR count). The van der Waals surface area contributed by atoms with E-state index in [-0.39, 0.29) is 11.4 Å². The third-order valence-electron chi connectivity index (χ3n) is 3.99. The molecular weight excluding hydrogens is 337 g/mol. The van der Waals surface area contributed by atoms with Gasteiger partial charge in [-0.05, 0) is 36.8 Å². The molecule has 0 unspecified atom stereocenters. The third kappa shape index (κ3) is 3.56. The molecule has 0 aromatic heterocycles. The molecule has 0 heterocycles. The topological polar surface area (TPSA) is 37.4 Å². The SMILES string of the molecule is Cc1ccccc1N(Cc1ccccc1F)S(=O)(=O)c1ccccc1. The maximum absolute atomic E-state index is 14.1. The van der Waals surface area contributed by atoms with Crippen LogP contribution in [0.1, 0.15) is 11.1 Å². The van der Waals surface area contributed by atoms with Gasteiger partial charge in [0.1, 0.15) is 5.82 Å². The van der Waals surface area contributed by atoms with Gasteiger partial charge in [-0.2, -0.15) is 0 Å². The van der Waals surface area contributed by atoms with Gasteiger partial charge in [0.2, 0.25) is 0 Å². The first kappa shape index (κ1) is 17.2. The fourth-order valence-electron chi connectivity index (χ4n) is 2.64. The van der Waals surface area contributed by atoms with Crippen LogP contribution in [0.25, 0.3) is 0 Å². The third-order valence-corrected chi connectivity index (χ3v) is 5.76. The molecule has 3 nitrogen and oxygen atoms in total. The molecule has 3 aromatic rings. The molecule has 3 aromatic carbocycles. The molecule has 0 aliphatic heterocycles. The summed E-state index contributed by atoms with van der Waals surface area (Å²) in [5, 5.41) is 0. The Balaban J connectivity index is 2.13. The Bertz CT molecular complexity index is 972. The van der Waals surface area contributed by atoms with Gasteiger partial charge in [0.05, 0.1) is 17.1 Å². The minimum Gasteiger partial charge on any atom is -0.262 e. The van der Waals surface area contributed by atoms with Crippen LogP contribution in [0.15, 0.2) is 83.8 Å². The Kier molecular flexibility index (Phi) is 4.86. The van der Waals surface area contributed by atoms with Crippen molar-refractivity contribution in [2.45, 2.75) is 18.4 Å². The zero-order valence-electron chi connectivity index (χ0n) is 13.8. The highest BCUT2D eigenvalue weighted by atomic mass is 32.2. The van der Waals surface area contributed by atoms with Crippen LogP contribution in [0.2, 0.25) is 0 Å². The largest absolute Gasteiger partial charge is 0.264 e. The summed E-state index contributed by atoms with van der Waals surface area (Å²) in [5.74, 6) is -0.427. The summed E-state index contributed by atoms with van der Waals surface area (Å²) >= 11 is 0. The average Bonchev–Trinajstić information content (AvgIpc) is 2.62. The summed E-state index contributed by atoms with van der Waals surface area (Å²) in [6.45, 7) is 1.76. The van der Waals surface area contributed by atoms with Crippen LogP contribution in [0.3, 0.4) is 0 Å². The highest BCUT2D eigenvalue weighted by Crippen LogP contribution is 2.29. The minimum absolute atomic E-state index is 0.0746. The van der Waals surface area contributed by atoms with Crippen LogP contribution in [-0.2, 0) is 16.6 Å². The van der Waals surface area contributed by atoms with Crippen LogP contribution >= 0.6 is 0 Å². The number of nitrogens with zero attached hydrogens (tertiary/aromatic N) is 1. The molecule has 0 fully saturated rings. The van der Waals surface area contributed by atoms with Gasteiger partial charge in [0.15, 0.2) is 0 Å². The number of sulfonamides is 1. The van der Waals surface area contributed by atoms with Crippen LogP contribution in [0.4, 0.5) is 10.1 Å². The van der Waals surface area contributed by atoms with Crippen LogP contribution in [0, 0.1) is 12.7 Å². The highest BCUT2D eigenvalue weighted by molar-refractivity contribution is 7.92. The van der Waals surface area contributed by atoms with Gasteiger partial charge in [-0.15, -0.1) is 0 Å². The summed E-state index contributed by atoms with van der Waals surface area (Å²) in [5.41, 5.74) is 1.67. The molecular formula is C20H18FNO2S. The molecule has 0 saturated carbocycles. The summed E-state index contributed by atoms with van der Waals surface area (Å²) in [6, 6.07) is 21.6. The van der Waals surface area contributed by atoms with E-state index in [0.717, 1.165) is 5.56 Å². The van der Waals surface area contributed by atoms with E-state index in [4.69, 9.17) is 0 Å². The van der Waals surface area contributed by atoms with Crippen molar-refractivity contribution in [2.75, 3.05) is 4.31 Å². The Morgan fingerprint density at radius 3 is 2.12 bits per heavy atom. The maximum Gasteiger partial charge on any atom is 0.264 e. The van der Waals surface area contributed by atoms with Gasteiger partial charge in [0.25, 0.3) is 10.0 Å². The molecule has 128 valence electrons. The summed E-state index contributed by atoms with van der Waals surface area (Å²) < 4.78 is 41.8. The van der Waals surface area contributed by atoms with Crippen LogP contribution in [-0.4, -0.2) is 8.42 Å². The number of hydrogen-bond acceptors (Lipinski definition) is 2. The Labute approximate surface area is 147 Å². The second kappa shape index (κ2) is 7.07. The Morgan fingerprint density at radius 1 is 0.840 bits per heavy atom. The molecule has 0 saturated heterocycles. The van der Waals surface area contributed by atoms with Gasteiger partial charge >= 0.3 is 0 Å². The number of rotatable bonds is 5. The van der Waals surface area contributed by atoms with Crippen molar-refractivity contribution in [3.8, 4) is 0 Å². The Morgan fingerprint density at radius 2 is 1.44 bits per heavy atom. The van der Waals surface area contributed by atoms with E-state index in [2.05, 4.69) is 0 Å². The van der Waals surface area contributed by atoms with Gasteiger partial charge in [0, 0.05) is 5.56 Å². The van der Waals surface area contributed by atoms with E-state index >= 15 is 0 Å². The summed E-state index contributed by atoms with van der Waals surface area (Å²) in [4.78, 5) is 0.176. The molecule has 0 N–H and O–H groups in total. The zero-order chi connectivity index (χ0) is 17.9. The molecule has 0 spiro atoms. The molecule has 0 radical (unpaired) electrons. The standard InChI is InChI=1S/C20H18FNO2S/c1-16-9-5-8-14-20(16)22(15-17-10-6-7-13-19(17)21)25(23,24)18-11-3-2-4-12-18/h2-14H,15H2,1H3. The monoisotopic (exact) mass is 355 g/mol. The molecule has 0 amide bonds. The zero-order valence-corrected chi connectivity index (χ0v) is 14.6. The Hall–Kier alpha value is -2.66. The number of hydrogen-bond donors (Lipinski definition) is 0. The fourth-order valence-corrected chi connectivity index (χ4v) is 4.17. The van der Waals surface area contributed by atoms with Crippen molar-refractivity contribution in [1.82, 2.24) is 0 Å². The van der Waals surface area contributed by atoms with Crippen molar-refractivity contribution in [3.05, 3.63) is 95.8 Å². The van der Waals surface area contributed by atoms with E-state index in [0.29, 0.717) is 11.3 Å². The van der Waals surface area contributed by atoms with Crippen molar-refractivity contribution in [2.24, 2.45) is 0 Å². The van der Waals surface area contributed by atoms with Gasteiger partial charge in [-0.1, -0.05) is 54.6 Å². The average molecular weight is 355 g/mol. The molecule has 5 heteroatoms. The first-order valence-electron chi connectivity index (χ1n) is 7.87. The predicted octanol–water partition coefficient (Wildman–Crippen LogP) is 4.53. The van der Waals surface area contributed by atoms with E-state index in [1.54, 1.807) is 60.7 Å². The first-order valence-corrected chi connectivity index (χ1v) is 9.31. The predicted molar refractivity (Wildman–Crippen MR) is 97.4 cm³/mol. The number of benzene rings is 3. The molecule has 0 atom stereocenters. The van der Waals surface area contributed by atoms with Crippen molar-refractivity contribution < 1.29 is 12.8 Å². The van der Waals surface area contributed by atoms with Gasteiger partial charge in [-0.25, -0.2) is 12.8 Å². The van der Waals surface area contributed by atoms with Gasteiger partial charge in [-0.3, -0.25) is 4.31 Å². The molecule has 0 bridgehead atoms. The quantitative estimate of drug-likeness (QED) is 0.674. The lowest BCUT2D eigenvalue weighted by molar-refractivity contribution is 0.585. The van der Waals surface area contributed by atoms with Crippen molar-refractivity contribution in [1.29, 1.82) is 0 Å². The lowest BCUT2D eigenvalue weighted by Crippen LogP contribution is -2.31. The lowest BCUT2D eigenvalue weighted by atomic mass is 10.1. The maximum atomic E-state index is 14.1. The van der Waals surface area contributed by atoms with Gasteiger partial charge < -0.3 is 0 Å². The number of para-hydroxylation sites is 1. The van der Waals surface area contributed by atoms with Crippen LogP contribution in [0.5, 0.6) is 0 Å². The van der Waals surface area contributed by atoms with Crippen molar-refractivity contribution >= 4 is 15.7 Å². The number of aryl methyl sites for hydroxylation is 1. The molecule has 0 aliphatic rings. The number of halogens is 1. The second-order valence-corrected chi connectivity index (χ2v) is 7.56.